The van der Waals surface area contributed by atoms with Gasteiger partial charge in [-0.05, 0) is 68.4 Å². The number of hydrogen-bond acceptors (Lipinski definition) is 5. The molecule has 0 unspecified atom stereocenters. The van der Waals surface area contributed by atoms with E-state index < -0.39 is 14.2 Å². The van der Waals surface area contributed by atoms with Gasteiger partial charge in [0.15, 0.2) is 0 Å². The van der Waals surface area contributed by atoms with Gasteiger partial charge in [0.2, 0.25) is 0 Å². The molecule has 0 bridgehead atoms. The highest BCUT2D eigenvalue weighted by atomic mass is 31.1. The van der Waals surface area contributed by atoms with Crippen molar-refractivity contribution in [3.8, 4) is 0 Å². The first kappa shape index (κ1) is 28.8. The maximum Gasteiger partial charge on any atom is 0.324 e. The summed E-state index contributed by atoms with van der Waals surface area (Å²) in [6.45, 7) is 0.198. The number of carbonyl (C=O) groups is 1. The van der Waals surface area contributed by atoms with Crippen LogP contribution in [0, 0.1) is 0 Å². The molecule has 1 aliphatic heterocycles. The lowest BCUT2D eigenvalue weighted by molar-refractivity contribution is -0.146. The Labute approximate surface area is 278 Å². The SMILES string of the molecule is O=C(OCc1cccc2ccccc12)[C@@H]1CC[C@@H](c2ccccc2)N1p1oc2ccc3ccccc3c2c2c(ccc3ccccc32)o1. The van der Waals surface area contributed by atoms with Crippen molar-refractivity contribution in [3.05, 3.63) is 157 Å². The van der Waals surface area contributed by atoms with Crippen LogP contribution in [0.5, 0.6) is 0 Å². The Hall–Kier alpha value is -5.35. The molecule has 48 heavy (non-hydrogen) atoms. The van der Waals surface area contributed by atoms with Gasteiger partial charge in [-0.2, -0.15) is 4.67 Å². The molecule has 2 atom stereocenters. The summed E-state index contributed by atoms with van der Waals surface area (Å²) in [5.41, 5.74) is 3.60. The zero-order valence-corrected chi connectivity index (χ0v) is 27.1. The fraction of sp³-hybridized carbons (Fsp3) is 0.119. The fourth-order valence-corrected chi connectivity index (χ4v) is 9.14. The molecule has 1 aliphatic rings. The topological polar surface area (TPSA) is 55.8 Å². The second-order valence-electron chi connectivity index (χ2n) is 12.4. The predicted molar refractivity (Wildman–Crippen MR) is 195 cm³/mol. The van der Waals surface area contributed by atoms with E-state index in [2.05, 4.69) is 108 Å². The maximum atomic E-state index is 14.1. The number of fused-ring (bicyclic) bond motifs is 8. The molecule has 1 aromatic heterocycles. The maximum absolute atomic E-state index is 14.1. The molecule has 1 fully saturated rings. The highest BCUT2D eigenvalue weighted by molar-refractivity contribution is 7.39. The van der Waals surface area contributed by atoms with E-state index in [4.69, 9.17) is 13.1 Å². The van der Waals surface area contributed by atoms with Gasteiger partial charge in [0, 0.05) is 16.8 Å². The van der Waals surface area contributed by atoms with Gasteiger partial charge in [0.05, 0.1) is 0 Å². The van der Waals surface area contributed by atoms with Gasteiger partial charge < -0.3 is 13.1 Å². The zero-order valence-electron chi connectivity index (χ0n) is 26.2. The van der Waals surface area contributed by atoms with Crippen molar-refractivity contribution in [1.29, 1.82) is 0 Å². The standard InChI is InChI=1S/C42H32NO4P/c44-42(45-27-32-17-10-16-28-11-4-7-18-33(28)32)37-24-23-36(31-14-2-1-3-15-31)43(37)48-46-38-25-21-29-12-5-8-19-34(29)40(38)41-35-20-9-6-13-30(35)22-26-39(41)47-48/h1-22,25-26,36-37H,23-24,27H2/t36-,37-/m0/s1. The van der Waals surface area contributed by atoms with Crippen molar-refractivity contribution in [2.45, 2.75) is 31.5 Å². The molecule has 8 aromatic rings. The smallest absolute Gasteiger partial charge is 0.324 e. The fourth-order valence-electron chi connectivity index (χ4n) is 7.36. The third kappa shape index (κ3) is 4.95. The van der Waals surface area contributed by atoms with Crippen LogP contribution in [0.3, 0.4) is 0 Å². The summed E-state index contributed by atoms with van der Waals surface area (Å²) in [6, 6.07) is 49.1. The molecule has 0 spiro atoms. The van der Waals surface area contributed by atoms with Crippen LogP contribution in [0.15, 0.2) is 154 Å². The lowest BCUT2D eigenvalue weighted by atomic mass is 9.99. The van der Waals surface area contributed by atoms with Gasteiger partial charge >= 0.3 is 14.1 Å². The molecule has 0 N–H and O–H groups in total. The Balaban J connectivity index is 1.22. The van der Waals surface area contributed by atoms with Crippen LogP contribution in [0.4, 0.5) is 0 Å². The van der Waals surface area contributed by atoms with E-state index >= 15 is 0 Å². The second kappa shape index (κ2) is 12.0. The van der Waals surface area contributed by atoms with Crippen LogP contribution in [-0.4, -0.2) is 12.0 Å². The Morgan fingerprint density at radius 3 is 1.79 bits per heavy atom. The molecule has 1 saturated heterocycles. The summed E-state index contributed by atoms with van der Waals surface area (Å²) < 4.78 is 22.3. The molecule has 6 heteroatoms. The number of esters is 1. The molecule has 2 heterocycles. The van der Waals surface area contributed by atoms with Crippen molar-refractivity contribution in [2.75, 3.05) is 4.67 Å². The summed E-state index contributed by atoms with van der Waals surface area (Å²) in [6.07, 6.45) is 1.41. The third-order valence-corrected chi connectivity index (χ3v) is 11.3. The molecule has 234 valence electrons. The first-order chi connectivity index (χ1) is 23.7. The van der Waals surface area contributed by atoms with E-state index in [1.807, 2.05) is 42.5 Å². The van der Waals surface area contributed by atoms with E-state index in [9.17, 15) is 4.79 Å². The van der Waals surface area contributed by atoms with Crippen molar-refractivity contribution in [3.63, 3.8) is 0 Å². The van der Waals surface area contributed by atoms with Crippen molar-refractivity contribution in [2.24, 2.45) is 0 Å². The molecule has 7 aromatic carbocycles. The van der Waals surface area contributed by atoms with E-state index in [0.29, 0.717) is 6.42 Å². The minimum atomic E-state index is -1.78. The first-order valence-electron chi connectivity index (χ1n) is 16.4. The van der Waals surface area contributed by atoms with Gasteiger partial charge in [-0.15, -0.1) is 0 Å². The van der Waals surface area contributed by atoms with Gasteiger partial charge in [-0.25, -0.2) is 0 Å². The minimum absolute atomic E-state index is 0.0849. The van der Waals surface area contributed by atoms with Gasteiger partial charge in [0.1, 0.15) is 23.8 Å². The van der Waals surface area contributed by atoms with Crippen LogP contribution in [-0.2, 0) is 16.1 Å². The summed E-state index contributed by atoms with van der Waals surface area (Å²) >= 11 is 0. The van der Waals surface area contributed by atoms with Gasteiger partial charge in [-0.1, -0.05) is 133 Å². The molecule has 0 amide bonds. The Kier molecular flexibility index (Phi) is 7.23. The summed E-state index contributed by atoms with van der Waals surface area (Å²) in [4.78, 5) is 14.1. The van der Waals surface area contributed by atoms with Crippen molar-refractivity contribution < 1.29 is 17.9 Å². The monoisotopic (exact) mass is 645 g/mol. The molecular weight excluding hydrogens is 613 g/mol. The number of benzene rings is 7. The molecule has 0 radical (unpaired) electrons. The summed E-state index contributed by atoms with van der Waals surface area (Å²) in [5, 5.41) is 8.68. The lowest BCUT2D eigenvalue weighted by Crippen LogP contribution is -2.36. The predicted octanol–water partition coefficient (Wildman–Crippen LogP) is 11.3. The highest BCUT2D eigenvalue weighted by Gasteiger charge is 2.43. The number of carbonyl (C=O) groups excluding carboxylic acids is 1. The van der Waals surface area contributed by atoms with E-state index in [0.717, 1.165) is 71.8 Å². The quantitative estimate of drug-likeness (QED) is 0.174. The largest absolute Gasteiger partial charge is 0.460 e. The highest BCUT2D eigenvalue weighted by Crippen LogP contribution is 2.49. The lowest BCUT2D eigenvalue weighted by Gasteiger charge is -2.26. The van der Waals surface area contributed by atoms with E-state index in [-0.39, 0.29) is 18.6 Å². The van der Waals surface area contributed by atoms with Crippen LogP contribution < -0.4 is 4.67 Å². The zero-order chi connectivity index (χ0) is 32.0. The Morgan fingerprint density at radius 2 is 1.15 bits per heavy atom. The Morgan fingerprint density at radius 1 is 0.604 bits per heavy atom. The Bertz CT molecular complexity index is 2420. The van der Waals surface area contributed by atoms with Gasteiger partial charge in [-0.3, -0.25) is 4.79 Å². The normalized spacial score (nSPS) is 16.7. The summed E-state index contributed by atoms with van der Waals surface area (Å²) in [5.74, 6) is -0.266. The third-order valence-electron chi connectivity index (χ3n) is 9.63. The average molecular weight is 646 g/mol. The molecule has 5 nitrogen and oxygen atoms in total. The summed E-state index contributed by atoms with van der Waals surface area (Å²) in [7, 11) is -1.78. The van der Waals surface area contributed by atoms with Crippen molar-refractivity contribution in [1.82, 2.24) is 0 Å². The number of nitrogens with zero attached hydrogens (tertiary/aromatic N) is 1. The number of ether oxygens (including phenoxy) is 1. The first-order valence-corrected chi connectivity index (χ1v) is 17.5. The minimum Gasteiger partial charge on any atom is -0.460 e. The molecule has 0 aliphatic carbocycles. The number of rotatable bonds is 5. The van der Waals surface area contributed by atoms with Crippen LogP contribution in [0.25, 0.3) is 54.3 Å². The van der Waals surface area contributed by atoms with Crippen LogP contribution in [0.2, 0.25) is 0 Å². The second-order valence-corrected chi connectivity index (χ2v) is 13.7. The van der Waals surface area contributed by atoms with Crippen molar-refractivity contribution >= 4 is 68.4 Å². The van der Waals surface area contributed by atoms with Crippen LogP contribution >= 0.6 is 8.16 Å². The van der Waals surface area contributed by atoms with E-state index in [1.165, 1.54) is 0 Å². The average Bonchev–Trinajstić information content (AvgIpc) is 3.51. The van der Waals surface area contributed by atoms with Gasteiger partial charge in [0.25, 0.3) is 0 Å². The number of hydrogen-bond donors (Lipinski definition) is 0. The molecule has 0 saturated carbocycles. The van der Waals surface area contributed by atoms with E-state index in [1.54, 1.807) is 0 Å². The molecule has 9 rings (SSSR count). The molecular formula is C42H32NO4P. The van der Waals surface area contributed by atoms with Crippen LogP contribution in [0.1, 0.15) is 30.0 Å².